The Balaban J connectivity index is 1.61. The Morgan fingerprint density at radius 2 is 1.89 bits per heavy atom. The highest BCUT2D eigenvalue weighted by molar-refractivity contribution is 6.02. The topological polar surface area (TPSA) is 132 Å². The van der Waals surface area contributed by atoms with Crippen LogP contribution in [-0.4, -0.2) is 44.7 Å². The number of carboxylic acid groups (broad SMARTS) is 1. The molecular formula is C26H20F3N5O4. The van der Waals surface area contributed by atoms with Gasteiger partial charge in [-0.3, -0.25) is 9.36 Å². The Hall–Kier alpha value is -4.71. The van der Waals surface area contributed by atoms with Crippen molar-refractivity contribution in [1.29, 1.82) is 0 Å². The molecular weight excluding hydrogens is 503 g/mol. The molecule has 1 amide bonds. The first kappa shape index (κ1) is 25.0. The molecule has 0 saturated heterocycles. The Morgan fingerprint density at radius 1 is 1.08 bits per heavy atom. The van der Waals surface area contributed by atoms with Gasteiger partial charge in [0, 0.05) is 35.3 Å². The van der Waals surface area contributed by atoms with Gasteiger partial charge in [0.15, 0.2) is 0 Å². The number of amides is 1. The number of benzene rings is 2. The molecule has 0 bridgehead atoms. The van der Waals surface area contributed by atoms with Gasteiger partial charge in [0.25, 0.3) is 0 Å². The highest BCUT2D eigenvalue weighted by Gasteiger charge is 2.35. The fourth-order valence-corrected chi connectivity index (χ4v) is 4.36. The summed E-state index contributed by atoms with van der Waals surface area (Å²) in [5, 5.41) is 13.1. The van der Waals surface area contributed by atoms with Crippen LogP contribution in [0.25, 0.3) is 27.6 Å². The monoisotopic (exact) mass is 523 g/mol. The summed E-state index contributed by atoms with van der Waals surface area (Å²) >= 11 is 0. The molecule has 0 spiro atoms. The van der Waals surface area contributed by atoms with Crippen molar-refractivity contribution in [3.8, 4) is 22.8 Å². The first-order valence-corrected chi connectivity index (χ1v) is 11.4. The third-order valence-electron chi connectivity index (χ3n) is 6.14. The van der Waals surface area contributed by atoms with Gasteiger partial charge in [-0.15, -0.1) is 0 Å². The van der Waals surface area contributed by atoms with Crippen molar-refractivity contribution in [2.75, 3.05) is 13.1 Å². The Labute approximate surface area is 213 Å². The average molecular weight is 523 g/mol. The van der Waals surface area contributed by atoms with Crippen LogP contribution >= 0.6 is 0 Å². The van der Waals surface area contributed by atoms with E-state index in [1.54, 1.807) is 6.07 Å². The second kappa shape index (κ2) is 9.63. The lowest BCUT2D eigenvalue weighted by Crippen LogP contribution is -2.20. The number of fused-ring (bicyclic) bond motifs is 1. The summed E-state index contributed by atoms with van der Waals surface area (Å²) in [6.45, 7) is 1.53. The summed E-state index contributed by atoms with van der Waals surface area (Å²) in [4.78, 5) is 31.8. The lowest BCUT2D eigenvalue weighted by Gasteiger charge is -2.14. The molecule has 1 aliphatic rings. The van der Waals surface area contributed by atoms with Crippen molar-refractivity contribution >= 4 is 28.5 Å². The molecule has 0 atom stereocenters. The van der Waals surface area contributed by atoms with Crippen LogP contribution in [0.1, 0.15) is 28.0 Å². The molecule has 194 valence electrons. The largest absolute Gasteiger partial charge is 0.464 e. The smallest absolute Gasteiger partial charge is 0.417 e. The van der Waals surface area contributed by atoms with E-state index < -0.39 is 23.7 Å². The Kier molecular flexibility index (Phi) is 6.33. The van der Waals surface area contributed by atoms with Crippen molar-refractivity contribution in [2.45, 2.75) is 12.6 Å². The minimum atomic E-state index is -4.84. The number of halogens is 3. The van der Waals surface area contributed by atoms with Crippen LogP contribution in [0.5, 0.6) is 11.6 Å². The zero-order chi connectivity index (χ0) is 27.0. The molecule has 3 heterocycles. The standard InChI is InChI=1S/C26H20F3N5O4/c27-26(28,29)20-9-15(24(30)35)1-3-17(20)19-12-34(25(36)37)22-4-2-16(10-18(19)22)38-23-11-21(32-13-33-23)14-5-7-31-8-6-14/h1-5,9-13,31H,6-8H2,(H2,30,35)(H,36,37). The first-order chi connectivity index (χ1) is 18.1. The van der Waals surface area contributed by atoms with Crippen LogP contribution in [0.15, 0.2) is 61.1 Å². The number of nitrogens with one attached hydrogen (secondary N) is 1. The number of aromatic nitrogens is 3. The molecule has 12 heteroatoms. The second-order valence-electron chi connectivity index (χ2n) is 8.52. The quantitative estimate of drug-likeness (QED) is 0.339. The van der Waals surface area contributed by atoms with E-state index >= 15 is 0 Å². The average Bonchev–Trinajstić information content (AvgIpc) is 3.27. The SMILES string of the molecule is NC(=O)c1ccc(-c2cn(C(=O)O)c3ccc(Oc4cc(C5=CCNCC5)ncn4)cc23)c(C(F)(F)F)c1. The summed E-state index contributed by atoms with van der Waals surface area (Å²) in [5.41, 5.74) is 5.28. The van der Waals surface area contributed by atoms with E-state index in [1.165, 1.54) is 24.5 Å². The van der Waals surface area contributed by atoms with E-state index in [9.17, 15) is 27.9 Å². The van der Waals surface area contributed by atoms with Gasteiger partial charge in [-0.05, 0) is 54.4 Å². The van der Waals surface area contributed by atoms with Gasteiger partial charge in [0.05, 0.1) is 16.8 Å². The van der Waals surface area contributed by atoms with Crippen molar-refractivity contribution < 1.29 is 32.6 Å². The van der Waals surface area contributed by atoms with Crippen LogP contribution in [-0.2, 0) is 6.18 Å². The van der Waals surface area contributed by atoms with E-state index in [2.05, 4.69) is 15.3 Å². The van der Waals surface area contributed by atoms with Gasteiger partial charge in [0.1, 0.15) is 12.1 Å². The molecule has 0 saturated carbocycles. The molecule has 2 aromatic carbocycles. The van der Waals surface area contributed by atoms with Gasteiger partial charge in [-0.25, -0.2) is 14.8 Å². The number of carbonyl (C=O) groups is 2. The molecule has 1 aliphatic heterocycles. The minimum Gasteiger partial charge on any atom is -0.464 e. The van der Waals surface area contributed by atoms with Crippen LogP contribution < -0.4 is 15.8 Å². The number of carbonyl (C=O) groups excluding carboxylic acids is 1. The molecule has 0 unspecified atom stereocenters. The maximum atomic E-state index is 14.0. The summed E-state index contributed by atoms with van der Waals surface area (Å²) in [6, 6.07) is 8.95. The maximum Gasteiger partial charge on any atom is 0.417 e. The number of alkyl halides is 3. The van der Waals surface area contributed by atoms with Crippen LogP contribution in [0, 0.1) is 0 Å². The lowest BCUT2D eigenvalue weighted by molar-refractivity contribution is -0.137. The second-order valence-corrected chi connectivity index (χ2v) is 8.52. The van der Waals surface area contributed by atoms with Gasteiger partial charge >= 0.3 is 12.3 Å². The van der Waals surface area contributed by atoms with E-state index in [1.807, 2.05) is 6.08 Å². The third kappa shape index (κ3) is 4.81. The molecule has 0 aliphatic carbocycles. The predicted octanol–water partition coefficient (Wildman–Crippen LogP) is 4.91. The Morgan fingerprint density at radius 3 is 2.58 bits per heavy atom. The van der Waals surface area contributed by atoms with Crippen molar-refractivity contribution in [2.24, 2.45) is 5.73 Å². The van der Waals surface area contributed by atoms with Gasteiger partial charge in [-0.2, -0.15) is 13.2 Å². The number of rotatable bonds is 5. The van der Waals surface area contributed by atoms with Crippen LogP contribution in [0.2, 0.25) is 0 Å². The lowest BCUT2D eigenvalue weighted by atomic mass is 9.96. The molecule has 4 N–H and O–H groups in total. The summed E-state index contributed by atoms with van der Waals surface area (Å²) < 4.78 is 48.7. The van der Waals surface area contributed by atoms with Gasteiger partial charge < -0.3 is 20.9 Å². The molecule has 38 heavy (non-hydrogen) atoms. The third-order valence-corrected chi connectivity index (χ3v) is 6.14. The number of nitrogens with two attached hydrogens (primary N) is 1. The molecule has 4 aromatic rings. The van der Waals surface area contributed by atoms with Crippen molar-refractivity contribution in [1.82, 2.24) is 19.9 Å². The Bertz CT molecular complexity index is 1610. The van der Waals surface area contributed by atoms with Crippen LogP contribution in [0.4, 0.5) is 18.0 Å². The fourth-order valence-electron chi connectivity index (χ4n) is 4.36. The number of primary amides is 1. The minimum absolute atomic E-state index is 0.0144. The zero-order valence-corrected chi connectivity index (χ0v) is 19.6. The van der Waals surface area contributed by atoms with E-state index in [-0.39, 0.29) is 39.2 Å². The maximum absolute atomic E-state index is 14.0. The summed E-state index contributed by atoms with van der Waals surface area (Å²) in [6.07, 6.45) is -0.971. The fraction of sp³-hybridized carbons (Fsp3) is 0.154. The number of hydrogen-bond acceptors (Lipinski definition) is 6. The van der Waals surface area contributed by atoms with E-state index in [0.29, 0.717) is 11.8 Å². The molecule has 0 fully saturated rings. The molecule has 2 aromatic heterocycles. The highest BCUT2D eigenvalue weighted by atomic mass is 19.4. The normalized spacial score (nSPS) is 13.8. The van der Waals surface area contributed by atoms with Crippen molar-refractivity contribution in [3.05, 3.63) is 77.9 Å². The molecule has 9 nitrogen and oxygen atoms in total. The number of hydrogen-bond donors (Lipinski definition) is 3. The number of nitrogens with zero attached hydrogens (tertiary/aromatic N) is 3. The van der Waals surface area contributed by atoms with E-state index in [4.69, 9.17) is 10.5 Å². The molecule has 0 radical (unpaired) electrons. The summed E-state index contributed by atoms with van der Waals surface area (Å²) in [7, 11) is 0. The van der Waals surface area contributed by atoms with Crippen molar-refractivity contribution in [3.63, 3.8) is 0 Å². The highest BCUT2D eigenvalue weighted by Crippen LogP contribution is 2.42. The van der Waals surface area contributed by atoms with Crippen LogP contribution in [0.3, 0.4) is 0 Å². The summed E-state index contributed by atoms with van der Waals surface area (Å²) in [5.74, 6) is -0.571. The zero-order valence-electron chi connectivity index (χ0n) is 19.6. The van der Waals surface area contributed by atoms with E-state index in [0.717, 1.165) is 48.0 Å². The predicted molar refractivity (Wildman–Crippen MR) is 132 cm³/mol. The first-order valence-electron chi connectivity index (χ1n) is 11.4. The van der Waals surface area contributed by atoms with Gasteiger partial charge in [-0.1, -0.05) is 12.1 Å². The van der Waals surface area contributed by atoms with Gasteiger partial charge in [0.2, 0.25) is 11.8 Å². The number of ether oxygens (including phenoxy) is 1. The molecule has 5 rings (SSSR count).